The SMILES string of the molecule is O=C(c1ccc(-c2ccc(F)cc2)nc1)N1CCC(Oc2cccnc2)CC1. The summed E-state index contributed by atoms with van der Waals surface area (Å²) in [5.41, 5.74) is 2.08. The number of rotatable bonds is 4. The number of hydrogen-bond donors (Lipinski definition) is 0. The Labute approximate surface area is 162 Å². The van der Waals surface area contributed by atoms with Gasteiger partial charge in [0.1, 0.15) is 17.7 Å². The van der Waals surface area contributed by atoms with Gasteiger partial charge in [0.15, 0.2) is 0 Å². The molecule has 0 saturated carbocycles. The molecule has 1 fully saturated rings. The molecule has 1 aromatic carbocycles. The smallest absolute Gasteiger partial charge is 0.255 e. The lowest BCUT2D eigenvalue weighted by Crippen LogP contribution is -2.41. The van der Waals surface area contributed by atoms with Crippen molar-refractivity contribution in [2.75, 3.05) is 13.1 Å². The number of nitrogens with zero attached hydrogens (tertiary/aromatic N) is 3. The number of aromatic nitrogens is 2. The normalized spacial score (nSPS) is 14.7. The Kier molecular flexibility index (Phi) is 5.28. The molecule has 0 radical (unpaired) electrons. The fourth-order valence-electron chi connectivity index (χ4n) is 3.28. The van der Waals surface area contributed by atoms with Gasteiger partial charge in [0.05, 0.1) is 17.5 Å². The molecule has 1 saturated heterocycles. The molecule has 0 aliphatic carbocycles. The number of benzene rings is 1. The number of pyridine rings is 2. The van der Waals surface area contributed by atoms with Gasteiger partial charge in [0.2, 0.25) is 0 Å². The van der Waals surface area contributed by atoms with Crippen molar-refractivity contribution in [3.05, 3.63) is 78.5 Å². The molecule has 2 aromatic heterocycles. The second-order valence-electron chi connectivity index (χ2n) is 6.74. The molecule has 3 aromatic rings. The van der Waals surface area contributed by atoms with E-state index in [1.165, 1.54) is 12.1 Å². The molecule has 3 heterocycles. The van der Waals surface area contributed by atoms with Crippen molar-refractivity contribution in [1.82, 2.24) is 14.9 Å². The molecule has 0 atom stereocenters. The van der Waals surface area contributed by atoms with Gasteiger partial charge in [0, 0.05) is 43.9 Å². The zero-order valence-corrected chi connectivity index (χ0v) is 15.3. The number of likely N-dealkylation sites (tertiary alicyclic amines) is 1. The van der Waals surface area contributed by atoms with Crippen LogP contribution in [0.2, 0.25) is 0 Å². The first kappa shape index (κ1) is 18.1. The minimum absolute atomic E-state index is 0.0296. The summed E-state index contributed by atoms with van der Waals surface area (Å²) in [6.45, 7) is 1.28. The Bertz CT molecular complexity index is 922. The van der Waals surface area contributed by atoms with E-state index in [0.29, 0.717) is 24.3 Å². The predicted octanol–water partition coefficient (Wildman–Crippen LogP) is 3.97. The maximum absolute atomic E-state index is 13.0. The Morgan fingerprint density at radius 3 is 2.46 bits per heavy atom. The lowest BCUT2D eigenvalue weighted by molar-refractivity contribution is 0.0594. The van der Waals surface area contributed by atoms with Gasteiger partial charge in [-0.2, -0.15) is 0 Å². The molecule has 1 aliphatic rings. The highest BCUT2D eigenvalue weighted by Crippen LogP contribution is 2.21. The molecule has 1 amide bonds. The van der Waals surface area contributed by atoms with Crippen LogP contribution in [-0.2, 0) is 0 Å². The average molecular weight is 377 g/mol. The predicted molar refractivity (Wildman–Crippen MR) is 103 cm³/mol. The van der Waals surface area contributed by atoms with Crippen LogP contribution in [0.1, 0.15) is 23.2 Å². The topological polar surface area (TPSA) is 55.3 Å². The second kappa shape index (κ2) is 8.17. The summed E-state index contributed by atoms with van der Waals surface area (Å²) in [7, 11) is 0. The summed E-state index contributed by atoms with van der Waals surface area (Å²) in [6.07, 6.45) is 6.64. The number of amides is 1. The molecular formula is C22H20FN3O2. The van der Waals surface area contributed by atoms with Crippen LogP contribution >= 0.6 is 0 Å². The van der Waals surface area contributed by atoms with E-state index in [4.69, 9.17) is 4.74 Å². The summed E-state index contributed by atoms with van der Waals surface area (Å²) in [5.74, 6) is 0.442. The molecule has 6 heteroatoms. The minimum atomic E-state index is -0.286. The zero-order valence-electron chi connectivity index (χ0n) is 15.3. The standard InChI is InChI=1S/C22H20FN3O2/c23-18-6-3-16(4-7-18)21-8-5-17(14-25-21)22(27)26-12-9-19(10-13-26)28-20-2-1-11-24-15-20/h1-8,11,14-15,19H,9-10,12-13H2. The van der Waals surface area contributed by atoms with Crippen LogP contribution in [0.25, 0.3) is 11.3 Å². The van der Waals surface area contributed by atoms with Crippen molar-refractivity contribution >= 4 is 5.91 Å². The van der Waals surface area contributed by atoms with E-state index < -0.39 is 0 Å². The van der Waals surface area contributed by atoms with E-state index in [1.807, 2.05) is 17.0 Å². The first-order valence-electron chi connectivity index (χ1n) is 9.27. The van der Waals surface area contributed by atoms with Crippen LogP contribution in [0.4, 0.5) is 4.39 Å². The van der Waals surface area contributed by atoms with Crippen LogP contribution < -0.4 is 4.74 Å². The fourth-order valence-corrected chi connectivity index (χ4v) is 3.28. The summed E-state index contributed by atoms with van der Waals surface area (Å²) in [6, 6.07) is 13.4. The van der Waals surface area contributed by atoms with Crippen LogP contribution in [-0.4, -0.2) is 40.0 Å². The number of hydrogen-bond acceptors (Lipinski definition) is 4. The van der Waals surface area contributed by atoms with Gasteiger partial charge in [-0.15, -0.1) is 0 Å². The average Bonchev–Trinajstić information content (AvgIpc) is 2.75. The van der Waals surface area contributed by atoms with Crippen molar-refractivity contribution in [2.24, 2.45) is 0 Å². The van der Waals surface area contributed by atoms with Crippen molar-refractivity contribution in [3.8, 4) is 17.0 Å². The molecule has 0 unspecified atom stereocenters. The van der Waals surface area contributed by atoms with Gasteiger partial charge >= 0.3 is 0 Å². The summed E-state index contributed by atoms with van der Waals surface area (Å²) < 4.78 is 19.0. The largest absolute Gasteiger partial charge is 0.489 e. The Balaban J connectivity index is 1.35. The molecule has 5 nitrogen and oxygen atoms in total. The first-order chi connectivity index (χ1) is 13.7. The third-order valence-corrected chi connectivity index (χ3v) is 4.82. The Morgan fingerprint density at radius 2 is 1.82 bits per heavy atom. The highest BCUT2D eigenvalue weighted by molar-refractivity contribution is 5.94. The van der Waals surface area contributed by atoms with E-state index in [2.05, 4.69) is 9.97 Å². The first-order valence-corrected chi connectivity index (χ1v) is 9.27. The van der Waals surface area contributed by atoms with Crippen LogP contribution in [0, 0.1) is 5.82 Å². The van der Waals surface area contributed by atoms with Crippen molar-refractivity contribution in [2.45, 2.75) is 18.9 Å². The Morgan fingerprint density at radius 1 is 1.04 bits per heavy atom. The summed E-state index contributed by atoms with van der Waals surface area (Å²) in [5, 5.41) is 0. The number of carbonyl (C=O) groups excluding carboxylic acids is 1. The number of carbonyl (C=O) groups is 1. The lowest BCUT2D eigenvalue weighted by Gasteiger charge is -2.32. The maximum atomic E-state index is 13.0. The van der Waals surface area contributed by atoms with Gasteiger partial charge in [-0.25, -0.2) is 4.39 Å². The molecule has 28 heavy (non-hydrogen) atoms. The quantitative estimate of drug-likeness (QED) is 0.690. The minimum Gasteiger partial charge on any atom is -0.489 e. The molecule has 142 valence electrons. The van der Waals surface area contributed by atoms with Gasteiger partial charge in [-0.3, -0.25) is 14.8 Å². The second-order valence-corrected chi connectivity index (χ2v) is 6.74. The molecule has 4 rings (SSSR count). The van der Waals surface area contributed by atoms with Crippen LogP contribution in [0.3, 0.4) is 0 Å². The van der Waals surface area contributed by atoms with Crippen molar-refractivity contribution in [3.63, 3.8) is 0 Å². The number of ether oxygens (including phenoxy) is 1. The van der Waals surface area contributed by atoms with Crippen molar-refractivity contribution < 1.29 is 13.9 Å². The fraction of sp³-hybridized carbons (Fsp3) is 0.227. The number of piperidine rings is 1. The summed E-state index contributed by atoms with van der Waals surface area (Å²) >= 11 is 0. The Hall–Kier alpha value is -3.28. The summed E-state index contributed by atoms with van der Waals surface area (Å²) in [4.78, 5) is 23.0. The molecule has 0 spiro atoms. The van der Waals surface area contributed by atoms with E-state index in [0.717, 1.165) is 24.2 Å². The van der Waals surface area contributed by atoms with E-state index in [9.17, 15) is 9.18 Å². The van der Waals surface area contributed by atoms with Gasteiger partial charge in [0.25, 0.3) is 5.91 Å². The molecular weight excluding hydrogens is 357 g/mol. The van der Waals surface area contributed by atoms with Crippen molar-refractivity contribution in [1.29, 1.82) is 0 Å². The molecule has 1 aliphatic heterocycles. The monoisotopic (exact) mass is 377 g/mol. The third kappa shape index (κ3) is 4.17. The van der Waals surface area contributed by atoms with Gasteiger partial charge < -0.3 is 9.64 Å². The number of halogens is 1. The highest BCUT2D eigenvalue weighted by Gasteiger charge is 2.25. The van der Waals surface area contributed by atoms with Crippen LogP contribution in [0.5, 0.6) is 5.75 Å². The molecule has 0 N–H and O–H groups in total. The van der Waals surface area contributed by atoms with Crippen LogP contribution in [0.15, 0.2) is 67.1 Å². The lowest BCUT2D eigenvalue weighted by atomic mass is 10.1. The van der Waals surface area contributed by atoms with E-state index >= 15 is 0 Å². The van der Waals surface area contributed by atoms with E-state index in [1.54, 1.807) is 42.9 Å². The highest BCUT2D eigenvalue weighted by atomic mass is 19.1. The maximum Gasteiger partial charge on any atom is 0.255 e. The zero-order chi connectivity index (χ0) is 19.3. The van der Waals surface area contributed by atoms with E-state index in [-0.39, 0.29) is 17.8 Å². The van der Waals surface area contributed by atoms with Gasteiger partial charge in [-0.05, 0) is 48.5 Å². The molecule has 0 bridgehead atoms. The van der Waals surface area contributed by atoms with Gasteiger partial charge in [-0.1, -0.05) is 0 Å². The third-order valence-electron chi connectivity index (χ3n) is 4.82.